The number of hydrogen-bond donors (Lipinski definition) is 0. The number of benzene rings is 2. The van der Waals surface area contributed by atoms with Gasteiger partial charge in [-0.15, -0.1) is 0 Å². The zero-order valence-corrected chi connectivity index (χ0v) is 13.9. The fraction of sp³-hybridized carbons (Fsp3) is 0.111. The third-order valence-corrected chi connectivity index (χ3v) is 3.99. The topological polar surface area (TPSA) is 55.6 Å². The van der Waals surface area contributed by atoms with Crippen molar-refractivity contribution in [3.05, 3.63) is 59.3 Å². The van der Waals surface area contributed by atoms with Crippen LogP contribution in [0, 0.1) is 6.92 Å². The highest BCUT2D eigenvalue weighted by Gasteiger charge is 2.23. The van der Waals surface area contributed by atoms with Crippen LogP contribution in [-0.2, 0) is 4.79 Å². The summed E-state index contributed by atoms with van der Waals surface area (Å²) < 4.78 is 10.5. The molecule has 1 heterocycles. The maximum atomic E-state index is 11.8. The molecular formula is C18H15ClN2O3. The first-order valence-electron chi connectivity index (χ1n) is 7.25. The summed E-state index contributed by atoms with van der Waals surface area (Å²) in [7, 11) is 1.59. The molecule has 0 aliphatic rings. The van der Waals surface area contributed by atoms with Crippen LogP contribution in [0.15, 0.2) is 53.1 Å². The minimum Gasteiger partial charge on any atom is -0.497 e. The van der Waals surface area contributed by atoms with Crippen molar-refractivity contribution < 1.29 is 14.1 Å². The van der Waals surface area contributed by atoms with Crippen molar-refractivity contribution in [3.8, 4) is 17.0 Å². The highest BCUT2D eigenvalue weighted by molar-refractivity contribution is 6.33. The van der Waals surface area contributed by atoms with E-state index in [4.69, 9.17) is 20.9 Å². The number of halogens is 1. The first-order valence-corrected chi connectivity index (χ1v) is 7.63. The molecule has 0 unspecified atom stereocenters. The van der Waals surface area contributed by atoms with Crippen LogP contribution < -0.4 is 9.64 Å². The van der Waals surface area contributed by atoms with Gasteiger partial charge in [0.15, 0.2) is 5.76 Å². The standard InChI is InChI=1S/C18H15ClN2O3/c1-12-18(17(20-24-12)15-5-3-4-6-16(15)19)21(11-22)13-7-9-14(23-2)10-8-13/h3-11H,1-2H3. The summed E-state index contributed by atoms with van der Waals surface area (Å²) in [6.07, 6.45) is 0.724. The Labute approximate surface area is 144 Å². The number of rotatable bonds is 5. The van der Waals surface area contributed by atoms with Crippen LogP contribution in [0.5, 0.6) is 5.75 Å². The molecule has 0 aliphatic carbocycles. The predicted octanol–water partition coefficient (Wildman–Crippen LogP) is 4.61. The van der Waals surface area contributed by atoms with Gasteiger partial charge in [-0.1, -0.05) is 35.0 Å². The first-order chi connectivity index (χ1) is 11.7. The number of carbonyl (C=O) groups is 1. The fourth-order valence-corrected chi connectivity index (χ4v) is 2.69. The van der Waals surface area contributed by atoms with Crippen molar-refractivity contribution in [1.82, 2.24) is 5.16 Å². The Morgan fingerprint density at radius 2 is 1.88 bits per heavy atom. The summed E-state index contributed by atoms with van der Waals surface area (Å²) in [5, 5.41) is 4.63. The number of anilines is 2. The van der Waals surface area contributed by atoms with Crippen LogP contribution in [0.2, 0.25) is 5.02 Å². The van der Waals surface area contributed by atoms with E-state index in [1.807, 2.05) is 18.2 Å². The SMILES string of the molecule is COc1ccc(N(C=O)c2c(-c3ccccc3Cl)noc2C)cc1. The molecule has 24 heavy (non-hydrogen) atoms. The third-order valence-electron chi connectivity index (χ3n) is 3.66. The van der Waals surface area contributed by atoms with Crippen molar-refractivity contribution in [1.29, 1.82) is 0 Å². The monoisotopic (exact) mass is 342 g/mol. The number of carbonyl (C=O) groups excluding carboxylic acids is 1. The number of ether oxygens (including phenoxy) is 1. The smallest absolute Gasteiger partial charge is 0.218 e. The number of aryl methyl sites for hydroxylation is 1. The Morgan fingerprint density at radius 1 is 1.17 bits per heavy atom. The lowest BCUT2D eigenvalue weighted by Gasteiger charge is -2.18. The Morgan fingerprint density at radius 3 is 2.50 bits per heavy atom. The second-order valence-corrected chi connectivity index (χ2v) is 5.50. The second-order valence-electron chi connectivity index (χ2n) is 5.09. The molecule has 0 fully saturated rings. The number of amides is 1. The van der Waals surface area contributed by atoms with E-state index in [-0.39, 0.29) is 0 Å². The molecule has 0 aliphatic heterocycles. The molecule has 3 rings (SSSR count). The quantitative estimate of drug-likeness (QED) is 0.635. The molecule has 0 saturated carbocycles. The molecule has 122 valence electrons. The summed E-state index contributed by atoms with van der Waals surface area (Å²) in [5.74, 6) is 1.23. The second kappa shape index (κ2) is 6.76. The highest BCUT2D eigenvalue weighted by Crippen LogP contribution is 2.39. The van der Waals surface area contributed by atoms with Gasteiger partial charge in [0.1, 0.15) is 17.1 Å². The normalized spacial score (nSPS) is 10.5. The van der Waals surface area contributed by atoms with Gasteiger partial charge < -0.3 is 9.26 Å². The van der Waals surface area contributed by atoms with Crippen molar-refractivity contribution >= 4 is 29.4 Å². The molecule has 3 aromatic rings. The van der Waals surface area contributed by atoms with Gasteiger partial charge in [0.25, 0.3) is 0 Å². The average molecular weight is 343 g/mol. The molecule has 0 saturated heterocycles. The van der Waals surface area contributed by atoms with Crippen molar-refractivity contribution in [3.63, 3.8) is 0 Å². The molecule has 2 aromatic carbocycles. The van der Waals surface area contributed by atoms with Gasteiger partial charge in [-0.05, 0) is 37.3 Å². The lowest BCUT2D eigenvalue weighted by molar-refractivity contribution is -0.106. The van der Waals surface area contributed by atoms with Crippen LogP contribution in [0.25, 0.3) is 11.3 Å². The summed E-state index contributed by atoms with van der Waals surface area (Å²) in [4.78, 5) is 13.2. The average Bonchev–Trinajstić information content (AvgIpc) is 2.98. The van der Waals surface area contributed by atoms with Crippen LogP contribution in [-0.4, -0.2) is 18.7 Å². The van der Waals surface area contributed by atoms with Crippen LogP contribution in [0.4, 0.5) is 11.4 Å². The number of nitrogens with zero attached hydrogens (tertiary/aromatic N) is 2. The van der Waals surface area contributed by atoms with Crippen LogP contribution >= 0.6 is 11.6 Å². The molecular weight excluding hydrogens is 328 g/mol. The molecule has 5 nitrogen and oxygen atoms in total. The van der Waals surface area contributed by atoms with E-state index >= 15 is 0 Å². The molecule has 0 atom stereocenters. The van der Waals surface area contributed by atoms with E-state index in [1.54, 1.807) is 44.4 Å². The van der Waals surface area contributed by atoms with Crippen molar-refractivity contribution in [2.45, 2.75) is 6.92 Å². The fourth-order valence-electron chi connectivity index (χ4n) is 2.47. The Kier molecular flexibility index (Phi) is 4.53. The maximum Gasteiger partial charge on any atom is 0.218 e. The van der Waals surface area contributed by atoms with Gasteiger partial charge in [-0.25, -0.2) is 0 Å². The predicted molar refractivity (Wildman–Crippen MR) is 92.9 cm³/mol. The van der Waals surface area contributed by atoms with Gasteiger partial charge in [0, 0.05) is 11.3 Å². The summed E-state index contributed by atoms with van der Waals surface area (Å²) in [5.41, 5.74) is 2.45. The van der Waals surface area contributed by atoms with Gasteiger partial charge in [0.2, 0.25) is 6.41 Å². The highest BCUT2D eigenvalue weighted by atomic mass is 35.5. The molecule has 1 amide bonds. The van der Waals surface area contributed by atoms with Crippen LogP contribution in [0.1, 0.15) is 5.76 Å². The van der Waals surface area contributed by atoms with Crippen LogP contribution in [0.3, 0.4) is 0 Å². The van der Waals surface area contributed by atoms with E-state index in [2.05, 4.69) is 5.16 Å². The number of hydrogen-bond acceptors (Lipinski definition) is 4. The van der Waals surface area contributed by atoms with E-state index < -0.39 is 0 Å². The van der Waals surface area contributed by atoms with E-state index in [0.717, 1.165) is 6.41 Å². The molecule has 6 heteroatoms. The lowest BCUT2D eigenvalue weighted by Crippen LogP contribution is -2.15. The van der Waals surface area contributed by atoms with Crippen molar-refractivity contribution in [2.24, 2.45) is 0 Å². The Bertz CT molecular complexity index is 859. The summed E-state index contributed by atoms with van der Waals surface area (Å²) in [6.45, 7) is 1.75. The summed E-state index contributed by atoms with van der Waals surface area (Å²) >= 11 is 6.27. The Balaban J connectivity index is 2.11. The van der Waals surface area contributed by atoms with Crippen molar-refractivity contribution in [2.75, 3.05) is 12.0 Å². The lowest BCUT2D eigenvalue weighted by atomic mass is 10.1. The largest absolute Gasteiger partial charge is 0.497 e. The van der Waals surface area contributed by atoms with Gasteiger partial charge in [0.05, 0.1) is 12.1 Å². The first kappa shape index (κ1) is 16.1. The summed E-state index contributed by atoms with van der Waals surface area (Å²) in [6, 6.07) is 14.4. The minimum atomic E-state index is 0.515. The molecule has 0 N–H and O–H groups in total. The zero-order valence-electron chi connectivity index (χ0n) is 13.2. The molecule has 0 spiro atoms. The zero-order chi connectivity index (χ0) is 17.1. The van der Waals surface area contributed by atoms with Gasteiger partial charge >= 0.3 is 0 Å². The van der Waals surface area contributed by atoms with E-state index in [1.165, 1.54) is 4.90 Å². The van der Waals surface area contributed by atoms with Gasteiger partial charge in [-0.2, -0.15) is 0 Å². The van der Waals surface area contributed by atoms with E-state index in [9.17, 15) is 4.79 Å². The van der Waals surface area contributed by atoms with Gasteiger partial charge in [-0.3, -0.25) is 9.69 Å². The maximum absolute atomic E-state index is 11.8. The number of methoxy groups -OCH3 is 1. The minimum absolute atomic E-state index is 0.515. The van der Waals surface area contributed by atoms with E-state index in [0.29, 0.717) is 39.2 Å². The number of aromatic nitrogens is 1. The molecule has 0 bridgehead atoms. The Hall–Kier alpha value is -2.79. The molecule has 1 aromatic heterocycles. The molecule has 0 radical (unpaired) electrons. The third kappa shape index (κ3) is 2.86.